The maximum atomic E-state index is 11.8. The molecule has 0 saturated carbocycles. The van der Waals surface area contributed by atoms with Crippen LogP contribution in [0.15, 0.2) is 0 Å². The zero-order valence-corrected chi connectivity index (χ0v) is 10.9. The summed E-state index contributed by atoms with van der Waals surface area (Å²) in [6, 6.07) is 1.70. The molecule has 98 valence electrons. The SMILES string of the molecule is CC(C#N)S(=O)(=O)N(C)CC1(O)CCOCC1. The summed E-state index contributed by atoms with van der Waals surface area (Å²) in [4.78, 5) is 0. The Morgan fingerprint density at radius 2 is 2.06 bits per heavy atom. The van der Waals surface area contributed by atoms with E-state index in [-0.39, 0.29) is 6.54 Å². The number of hydrogen-bond donors (Lipinski definition) is 1. The third-order valence-corrected chi connectivity index (χ3v) is 5.00. The maximum Gasteiger partial charge on any atom is 0.230 e. The van der Waals surface area contributed by atoms with Crippen LogP contribution >= 0.6 is 0 Å². The Balaban J connectivity index is 2.72. The molecule has 17 heavy (non-hydrogen) atoms. The van der Waals surface area contributed by atoms with Gasteiger partial charge < -0.3 is 9.84 Å². The van der Waals surface area contributed by atoms with Gasteiger partial charge in [-0.15, -0.1) is 0 Å². The van der Waals surface area contributed by atoms with Gasteiger partial charge in [0.1, 0.15) is 0 Å². The summed E-state index contributed by atoms with van der Waals surface area (Å²) in [5.41, 5.74) is -1.05. The van der Waals surface area contributed by atoms with E-state index in [0.717, 1.165) is 4.31 Å². The van der Waals surface area contributed by atoms with E-state index < -0.39 is 20.9 Å². The summed E-state index contributed by atoms with van der Waals surface area (Å²) >= 11 is 0. The molecule has 0 amide bonds. The highest BCUT2D eigenvalue weighted by molar-refractivity contribution is 7.89. The molecule has 0 aromatic rings. The van der Waals surface area contributed by atoms with Crippen LogP contribution in [0, 0.1) is 11.3 Å². The fraction of sp³-hybridized carbons (Fsp3) is 0.900. The molecule has 0 aliphatic carbocycles. The van der Waals surface area contributed by atoms with Crippen molar-refractivity contribution in [3.05, 3.63) is 0 Å². The lowest BCUT2D eigenvalue weighted by molar-refractivity contribution is -0.0689. The topological polar surface area (TPSA) is 90.6 Å². The minimum absolute atomic E-state index is 0.00468. The quantitative estimate of drug-likeness (QED) is 0.751. The monoisotopic (exact) mass is 262 g/mol. The van der Waals surface area contributed by atoms with Crippen molar-refractivity contribution in [2.75, 3.05) is 26.8 Å². The molecular weight excluding hydrogens is 244 g/mol. The first kappa shape index (κ1) is 14.4. The largest absolute Gasteiger partial charge is 0.388 e. The number of nitriles is 1. The van der Waals surface area contributed by atoms with Gasteiger partial charge in [-0.05, 0) is 6.92 Å². The maximum absolute atomic E-state index is 11.8. The van der Waals surface area contributed by atoms with E-state index in [0.29, 0.717) is 26.1 Å². The summed E-state index contributed by atoms with van der Waals surface area (Å²) < 4.78 is 29.9. The summed E-state index contributed by atoms with van der Waals surface area (Å²) in [6.07, 6.45) is 0.821. The lowest BCUT2D eigenvalue weighted by Crippen LogP contribution is -2.48. The van der Waals surface area contributed by atoms with Gasteiger partial charge in [0.05, 0.1) is 11.7 Å². The first-order chi connectivity index (χ1) is 7.82. The zero-order valence-electron chi connectivity index (χ0n) is 10.1. The molecule has 0 bridgehead atoms. The van der Waals surface area contributed by atoms with Crippen molar-refractivity contribution >= 4 is 10.0 Å². The molecule has 0 radical (unpaired) electrons. The predicted octanol–water partition coefficient (Wildman–Crippen LogP) is -0.298. The van der Waals surface area contributed by atoms with Crippen LogP contribution in [0.25, 0.3) is 0 Å². The van der Waals surface area contributed by atoms with Gasteiger partial charge in [-0.3, -0.25) is 0 Å². The summed E-state index contributed by atoms with van der Waals surface area (Å²) in [7, 11) is -2.27. The average Bonchev–Trinajstić information content (AvgIpc) is 2.28. The minimum Gasteiger partial charge on any atom is -0.388 e. The van der Waals surface area contributed by atoms with Gasteiger partial charge in [0.25, 0.3) is 0 Å². The van der Waals surface area contributed by atoms with Crippen molar-refractivity contribution in [1.82, 2.24) is 4.31 Å². The van der Waals surface area contributed by atoms with E-state index in [1.165, 1.54) is 14.0 Å². The Hall–Kier alpha value is -0.680. The first-order valence-corrected chi connectivity index (χ1v) is 6.97. The smallest absolute Gasteiger partial charge is 0.230 e. The van der Waals surface area contributed by atoms with Crippen LogP contribution in [0.5, 0.6) is 0 Å². The summed E-state index contributed by atoms with van der Waals surface area (Å²) in [5.74, 6) is 0. The average molecular weight is 262 g/mol. The molecule has 1 atom stereocenters. The highest BCUT2D eigenvalue weighted by atomic mass is 32.2. The molecule has 1 unspecified atom stereocenters. The second kappa shape index (κ2) is 5.31. The van der Waals surface area contributed by atoms with E-state index in [4.69, 9.17) is 10.00 Å². The van der Waals surface area contributed by atoms with Gasteiger partial charge in [0.2, 0.25) is 10.0 Å². The van der Waals surface area contributed by atoms with E-state index in [1.807, 2.05) is 0 Å². The van der Waals surface area contributed by atoms with E-state index in [9.17, 15) is 13.5 Å². The normalized spacial score (nSPS) is 22.1. The lowest BCUT2D eigenvalue weighted by Gasteiger charge is -2.35. The molecule has 6 nitrogen and oxygen atoms in total. The van der Waals surface area contributed by atoms with Crippen LogP contribution in [0.2, 0.25) is 0 Å². The highest BCUT2D eigenvalue weighted by Crippen LogP contribution is 2.23. The number of sulfonamides is 1. The van der Waals surface area contributed by atoms with Crippen molar-refractivity contribution in [3.63, 3.8) is 0 Å². The number of rotatable bonds is 4. The van der Waals surface area contributed by atoms with Crippen LogP contribution in [-0.4, -0.2) is 55.5 Å². The molecule has 1 aliphatic heterocycles. The van der Waals surface area contributed by atoms with Gasteiger partial charge in [-0.25, -0.2) is 12.7 Å². The lowest BCUT2D eigenvalue weighted by atomic mass is 9.95. The number of hydrogen-bond acceptors (Lipinski definition) is 5. The molecule has 0 aromatic carbocycles. The fourth-order valence-electron chi connectivity index (χ4n) is 1.75. The molecule has 1 heterocycles. The predicted molar refractivity (Wildman–Crippen MR) is 61.6 cm³/mol. The number of ether oxygens (including phenoxy) is 1. The molecule has 1 aliphatic rings. The second-order valence-corrected chi connectivity index (χ2v) is 6.77. The van der Waals surface area contributed by atoms with E-state index >= 15 is 0 Å². The highest BCUT2D eigenvalue weighted by Gasteiger charge is 2.36. The summed E-state index contributed by atoms with van der Waals surface area (Å²) in [5, 5.41) is 17.7. The number of nitrogens with zero attached hydrogens (tertiary/aromatic N) is 2. The molecule has 0 aromatic heterocycles. The van der Waals surface area contributed by atoms with Crippen molar-refractivity contribution in [3.8, 4) is 6.07 Å². The molecular formula is C10H18N2O4S. The van der Waals surface area contributed by atoms with Crippen LogP contribution in [-0.2, 0) is 14.8 Å². The first-order valence-electron chi connectivity index (χ1n) is 5.47. The Morgan fingerprint density at radius 3 is 2.53 bits per heavy atom. The van der Waals surface area contributed by atoms with Crippen LogP contribution in [0.3, 0.4) is 0 Å². The Morgan fingerprint density at radius 1 is 1.53 bits per heavy atom. The Bertz CT molecular complexity index is 395. The van der Waals surface area contributed by atoms with E-state index in [1.54, 1.807) is 6.07 Å². The Kier molecular flexibility index (Phi) is 4.49. The van der Waals surface area contributed by atoms with Gasteiger partial charge in [-0.2, -0.15) is 5.26 Å². The number of aliphatic hydroxyl groups is 1. The second-order valence-electron chi connectivity index (χ2n) is 4.41. The summed E-state index contributed by atoms with van der Waals surface area (Å²) in [6.45, 7) is 2.20. The fourth-order valence-corrected chi connectivity index (χ4v) is 2.84. The van der Waals surface area contributed by atoms with Crippen LogP contribution in [0.4, 0.5) is 0 Å². The van der Waals surface area contributed by atoms with Crippen LogP contribution in [0.1, 0.15) is 19.8 Å². The third-order valence-electron chi connectivity index (χ3n) is 3.00. The molecule has 1 saturated heterocycles. The molecule has 0 spiro atoms. The van der Waals surface area contributed by atoms with Gasteiger partial charge in [0.15, 0.2) is 5.25 Å². The van der Waals surface area contributed by atoms with Crippen molar-refractivity contribution < 1.29 is 18.3 Å². The molecule has 1 rings (SSSR count). The standard InChI is InChI=1S/C10H18N2O4S/c1-9(7-11)17(14,15)12(2)8-10(13)3-5-16-6-4-10/h9,13H,3-6,8H2,1-2H3. The van der Waals surface area contributed by atoms with E-state index in [2.05, 4.69) is 0 Å². The van der Waals surface area contributed by atoms with Crippen LogP contribution < -0.4 is 0 Å². The van der Waals surface area contributed by atoms with Crippen molar-refractivity contribution in [2.45, 2.75) is 30.6 Å². The zero-order chi connectivity index (χ0) is 13.1. The molecule has 1 fully saturated rings. The van der Waals surface area contributed by atoms with Gasteiger partial charge >= 0.3 is 0 Å². The van der Waals surface area contributed by atoms with Gasteiger partial charge in [0, 0.05) is 39.6 Å². The third kappa shape index (κ3) is 3.39. The van der Waals surface area contributed by atoms with Gasteiger partial charge in [-0.1, -0.05) is 0 Å². The molecule has 1 N–H and O–H groups in total. The number of likely N-dealkylation sites (N-methyl/N-ethyl adjacent to an activating group) is 1. The van der Waals surface area contributed by atoms with Crippen molar-refractivity contribution in [1.29, 1.82) is 5.26 Å². The minimum atomic E-state index is -3.66. The Labute approximate surface area is 102 Å². The molecule has 7 heteroatoms. The van der Waals surface area contributed by atoms with Crippen molar-refractivity contribution in [2.24, 2.45) is 0 Å².